The van der Waals surface area contributed by atoms with Crippen molar-refractivity contribution < 1.29 is 28.5 Å². The molecule has 0 saturated carbocycles. The quantitative estimate of drug-likeness (QED) is 0.0315. The molecule has 6 aromatic rings. The molecule has 6 aromatic carbocycles. The van der Waals surface area contributed by atoms with Crippen LogP contribution in [0.2, 0.25) is 20.1 Å². The van der Waals surface area contributed by atoms with Gasteiger partial charge in [-0.3, -0.25) is 19.5 Å². The zero-order valence-electron chi connectivity index (χ0n) is 43.6. The average molecular weight is 1120 g/mol. The molecule has 8 rings (SSSR count). The first-order valence-corrected chi connectivity index (χ1v) is 25.7. The highest BCUT2D eigenvalue weighted by atomic mass is 35.5. The fourth-order valence-corrected chi connectivity index (χ4v) is 9.97. The van der Waals surface area contributed by atoms with Crippen molar-refractivity contribution in [3.63, 3.8) is 0 Å². The topological polar surface area (TPSA) is 222 Å². The molecule has 0 spiro atoms. The van der Waals surface area contributed by atoms with Gasteiger partial charge in [-0.05, 0) is 97.8 Å². The van der Waals surface area contributed by atoms with Gasteiger partial charge in [0.25, 0.3) is 5.91 Å². The fourth-order valence-electron chi connectivity index (χ4n) is 8.53. The van der Waals surface area contributed by atoms with Crippen LogP contribution in [0.3, 0.4) is 0 Å². The molecule has 0 radical (unpaired) electrons. The lowest BCUT2D eigenvalue weighted by Crippen LogP contribution is -2.48. The minimum absolute atomic E-state index is 0.00986. The molecule has 9 N–H and O–H groups in total. The second-order valence-electron chi connectivity index (χ2n) is 17.7. The molecule has 2 aliphatic heterocycles. The van der Waals surface area contributed by atoms with E-state index >= 15 is 0 Å². The van der Waals surface area contributed by atoms with Crippen molar-refractivity contribution in [3.05, 3.63) is 139 Å². The number of aliphatic imine (C=N–C) groups is 2. The molecule has 0 aliphatic carbocycles. The molecule has 2 saturated heterocycles. The van der Waals surface area contributed by atoms with Crippen molar-refractivity contribution >= 4 is 93.0 Å². The monoisotopic (exact) mass is 1110 g/mol. The van der Waals surface area contributed by atoms with Crippen molar-refractivity contribution in [1.82, 2.24) is 10.2 Å². The summed E-state index contributed by atoms with van der Waals surface area (Å²) in [6, 6.07) is 29.5. The molecular weight excluding hydrogens is 1050 g/mol. The molecule has 76 heavy (non-hydrogen) atoms. The minimum Gasteiger partial charge on any atom is -0.495 e. The standard InChI is InChI=1S/C26H27Cl2N5O3.C16H17Cl2N3O2.C14H20N2O/c1-35-20-14-21(36-2)24(28)22(23(20)27)16-5-8-18(19(29)13-16)25(30)32-26(34)15-3-6-17(7-4-15)33-11-9-31-10-12-33;1-21-16(20)9-5-4-8(6-10(9)19)13-14(17)11(22-2)7-12(23-3)15(13)18;1-12(2)15-7-9-16(10-8-15)14-5-3-13(11-17)4-6-14/h3-8,13-14,31H,9-12,29H2,1-2H3,(H2,30,32,34);4-7H,19H2,1-3H3,(H2,20,21);3-6,11-12H,7-10H2,1-2H3. The van der Waals surface area contributed by atoms with E-state index in [2.05, 4.69) is 43.8 Å². The zero-order chi connectivity index (χ0) is 55.2. The molecule has 0 aromatic heterocycles. The van der Waals surface area contributed by atoms with E-state index in [1.807, 2.05) is 42.5 Å². The lowest BCUT2D eigenvalue weighted by atomic mass is 10.0. The molecule has 0 atom stereocenters. The number of nitrogens with one attached hydrogen (secondary N) is 1. The van der Waals surface area contributed by atoms with Gasteiger partial charge in [-0.2, -0.15) is 4.99 Å². The van der Waals surface area contributed by atoms with Gasteiger partial charge in [-0.1, -0.05) is 58.5 Å². The van der Waals surface area contributed by atoms with Gasteiger partial charge in [0.1, 0.15) is 41.0 Å². The third-order valence-electron chi connectivity index (χ3n) is 12.9. The van der Waals surface area contributed by atoms with E-state index < -0.39 is 5.91 Å². The highest BCUT2D eigenvalue weighted by molar-refractivity contribution is 6.42. The summed E-state index contributed by atoms with van der Waals surface area (Å²) < 4.78 is 21.2. The number of nitrogens with two attached hydrogens (primary N) is 4. The first-order chi connectivity index (χ1) is 36.5. The number of nitrogen functional groups attached to an aromatic ring is 2. The van der Waals surface area contributed by atoms with Gasteiger partial charge in [-0.25, -0.2) is 0 Å². The van der Waals surface area contributed by atoms with Crippen molar-refractivity contribution in [1.29, 1.82) is 0 Å². The summed E-state index contributed by atoms with van der Waals surface area (Å²) in [6.07, 6.45) is 0.889. The van der Waals surface area contributed by atoms with Crippen molar-refractivity contribution in [3.8, 4) is 45.3 Å². The highest BCUT2D eigenvalue weighted by Crippen LogP contribution is 2.48. The van der Waals surface area contributed by atoms with E-state index in [4.69, 9.17) is 88.3 Å². The molecule has 0 unspecified atom stereocenters. The first kappa shape index (κ1) is 58.3. The van der Waals surface area contributed by atoms with Crippen LogP contribution in [0.5, 0.6) is 23.0 Å². The number of ether oxygens (including phenoxy) is 4. The smallest absolute Gasteiger partial charge is 0.278 e. The minimum atomic E-state index is -0.452. The van der Waals surface area contributed by atoms with E-state index in [1.54, 1.807) is 61.6 Å². The molecule has 2 fully saturated rings. The Hall–Kier alpha value is -6.92. The third-order valence-corrected chi connectivity index (χ3v) is 14.4. The number of amides is 1. The van der Waals surface area contributed by atoms with Crippen molar-refractivity contribution in [2.75, 3.05) is 109 Å². The van der Waals surface area contributed by atoms with Gasteiger partial charge in [0.15, 0.2) is 0 Å². The summed E-state index contributed by atoms with van der Waals surface area (Å²) >= 11 is 25.9. The summed E-state index contributed by atoms with van der Waals surface area (Å²) in [6.45, 7) is 12.6. The Balaban J connectivity index is 0.000000201. The number of hydrogen-bond donors (Lipinski definition) is 5. The maximum Gasteiger partial charge on any atom is 0.278 e. The van der Waals surface area contributed by atoms with Crippen LogP contribution < -0.4 is 57.0 Å². The molecule has 402 valence electrons. The number of methoxy groups -OCH3 is 4. The number of piperazine rings is 2. The summed E-state index contributed by atoms with van der Waals surface area (Å²) in [7, 11) is 7.65. The second-order valence-corrected chi connectivity index (χ2v) is 19.2. The van der Waals surface area contributed by atoms with Crippen LogP contribution >= 0.6 is 46.4 Å². The molecule has 0 bridgehead atoms. The summed E-state index contributed by atoms with van der Waals surface area (Å²) in [5.74, 6) is 1.65. The number of nitrogens with zero attached hydrogens (tertiary/aromatic N) is 5. The number of benzene rings is 6. The first-order valence-electron chi connectivity index (χ1n) is 24.2. The van der Waals surface area contributed by atoms with Crippen LogP contribution in [0.4, 0.5) is 22.7 Å². The van der Waals surface area contributed by atoms with Crippen molar-refractivity contribution in [2.45, 2.75) is 19.9 Å². The summed E-state index contributed by atoms with van der Waals surface area (Å²) in [4.78, 5) is 38.5. The molecule has 20 heteroatoms. The van der Waals surface area contributed by atoms with E-state index in [-0.39, 0.29) is 5.84 Å². The van der Waals surface area contributed by atoms with Crippen LogP contribution in [0.15, 0.2) is 107 Å². The number of hydrogen-bond acceptors (Lipinski definition) is 13. The van der Waals surface area contributed by atoms with E-state index in [9.17, 15) is 9.59 Å². The Kier molecular flexibility index (Phi) is 20.9. The van der Waals surface area contributed by atoms with Gasteiger partial charge in [0.05, 0.1) is 48.5 Å². The Morgan fingerprint density at radius 3 is 1.38 bits per heavy atom. The number of aldehydes is 1. The molecule has 2 heterocycles. The van der Waals surface area contributed by atoms with E-state index in [0.717, 1.165) is 75.5 Å². The van der Waals surface area contributed by atoms with Gasteiger partial charge < -0.3 is 57.0 Å². The van der Waals surface area contributed by atoms with Gasteiger partial charge in [0.2, 0.25) is 0 Å². The second kappa shape index (κ2) is 27.2. The maximum absolute atomic E-state index is 12.8. The third kappa shape index (κ3) is 13.9. The van der Waals surface area contributed by atoms with Gasteiger partial charge in [0, 0.05) is 134 Å². The van der Waals surface area contributed by atoms with Crippen LogP contribution in [0.25, 0.3) is 22.3 Å². The lowest BCUT2D eigenvalue weighted by molar-refractivity contribution is 0.100. The Morgan fingerprint density at radius 1 is 0.592 bits per heavy atom. The van der Waals surface area contributed by atoms with Crippen LogP contribution in [-0.4, -0.2) is 123 Å². The van der Waals surface area contributed by atoms with Crippen LogP contribution in [-0.2, 0) is 0 Å². The summed E-state index contributed by atoms with van der Waals surface area (Å²) in [5, 5.41) is 4.71. The Morgan fingerprint density at radius 2 is 1.00 bits per heavy atom. The SMILES string of the molecule is CC(C)N1CCN(c2ccc(C=O)cc2)CC1.CN=C(N)c1ccc(-c2c(Cl)c(OC)cc(OC)c2Cl)cc1N.COc1cc(OC)c(Cl)c(-c2ccc(C(N)=NC(=O)c3ccc(N4CCNCC4)cc3)c(N)c2)c1Cl. The highest BCUT2D eigenvalue weighted by Gasteiger charge is 2.23. The lowest BCUT2D eigenvalue weighted by Gasteiger charge is -2.38. The van der Waals surface area contributed by atoms with Crippen LogP contribution in [0, 0.1) is 0 Å². The van der Waals surface area contributed by atoms with Gasteiger partial charge in [-0.15, -0.1) is 0 Å². The maximum atomic E-state index is 12.8. The van der Waals surface area contributed by atoms with Crippen LogP contribution in [0.1, 0.15) is 45.7 Å². The zero-order valence-corrected chi connectivity index (χ0v) is 46.6. The Labute approximate surface area is 464 Å². The number of amidine groups is 2. The predicted molar refractivity (Wildman–Crippen MR) is 313 cm³/mol. The number of carbonyl (C=O) groups is 2. The normalized spacial score (nSPS) is 14.0. The largest absolute Gasteiger partial charge is 0.495 e. The van der Waals surface area contributed by atoms with E-state index in [1.165, 1.54) is 34.1 Å². The van der Waals surface area contributed by atoms with Crippen molar-refractivity contribution in [2.24, 2.45) is 21.5 Å². The fraction of sp³-hybridized carbons (Fsp3) is 0.286. The predicted octanol–water partition coefficient (Wildman–Crippen LogP) is 9.84. The average Bonchev–Trinajstić information content (AvgIpc) is 3.44. The summed E-state index contributed by atoms with van der Waals surface area (Å²) in [5.41, 5.74) is 32.1. The molecule has 2 aliphatic rings. The number of anilines is 4. The van der Waals surface area contributed by atoms with Gasteiger partial charge >= 0.3 is 0 Å². The molecular formula is C56H64Cl4N10O6. The number of halogens is 4. The van der Waals surface area contributed by atoms with E-state index in [0.29, 0.717) is 99.7 Å². The number of carbonyl (C=O) groups excluding carboxylic acids is 2. The molecule has 16 nitrogen and oxygen atoms in total. The molecule has 1 amide bonds. The number of rotatable bonds is 13. The Bertz CT molecular complexity index is 3000.